The van der Waals surface area contributed by atoms with Crippen LogP contribution in [0.25, 0.3) is 0 Å². The van der Waals surface area contributed by atoms with Gasteiger partial charge in [0.15, 0.2) is 6.10 Å². The largest absolute Gasteiger partial charge is 0.462 e. The van der Waals surface area contributed by atoms with Gasteiger partial charge >= 0.3 is 11.9 Å². The lowest BCUT2D eigenvalue weighted by atomic mass is 10.1. The van der Waals surface area contributed by atoms with Crippen molar-refractivity contribution < 1.29 is 24.2 Å². The maximum atomic E-state index is 12.1. The summed E-state index contributed by atoms with van der Waals surface area (Å²) in [6, 6.07) is 0. The minimum Gasteiger partial charge on any atom is -0.462 e. The number of aliphatic hydroxyl groups excluding tert-OH is 1. The molecule has 0 bridgehead atoms. The molecule has 0 heterocycles. The van der Waals surface area contributed by atoms with E-state index < -0.39 is 6.10 Å². The van der Waals surface area contributed by atoms with Gasteiger partial charge < -0.3 is 14.6 Å². The van der Waals surface area contributed by atoms with Gasteiger partial charge in [-0.15, -0.1) is 0 Å². The molecule has 5 heteroatoms. The second-order valence-corrected chi connectivity index (χ2v) is 12.3. The van der Waals surface area contributed by atoms with Crippen molar-refractivity contribution in [3.63, 3.8) is 0 Å². The van der Waals surface area contributed by atoms with Crippen molar-refractivity contribution in [2.24, 2.45) is 0 Å². The van der Waals surface area contributed by atoms with E-state index in [9.17, 15) is 14.7 Å². The highest BCUT2D eigenvalue weighted by atomic mass is 16.6. The number of allylic oxidation sites excluding steroid dienone is 10. The summed E-state index contributed by atoms with van der Waals surface area (Å²) in [6.45, 7) is 4.03. The van der Waals surface area contributed by atoms with Gasteiger partial charge in [-0.2, -0.15) is 0 Å². The van der Waals surface area contributed by atoms with Crippen molar-refractivity contribution in [1.29, 1.82) is 0 Å². The average Bonchev–Trinajstić information content (AvgIpc) is 3.06. The number of ether oxygens (including phenoxy) is 2. The van der Waals surface area contributed by atoms with E-state index in [-0.39, 0.29) is 25.2 Å². The maximum absolute atomic E-state index is 12.1. The van der Waals surface area contributed by atoms with Crippen LogP contribution in [-0.4, -0.2) is 36.4 Å². The summed E-state index contributed by atoms with van der Waals surface area (Å²) < 4.78 is 10.5. The van der Waals surface area contributed by atoms with Crippen molar-refractivity contribution in [3.8, 4) is 0 Å². The average molecular weight is 643 g/mol. The summed E-state index contributed by atoms with van der Waals surface area (Å²) in [5.74, 6) is -0.670. The molecule has 0 spiro atoms. The fraction of sp³-hybridized carbons (Fsp3) is 0.707. The standard InChI is InChI=1S/C41H70O5/c1-3-5-7-9-11-13-15-17-19-20-22-23-25-27-29-31-33-35-40(43)45-38-39(37-42)46-41(44)36-34-32-30-28-26-24-21-18-16-14-12-10-8-6-4-2/h11,13,17-19,21-23,27,29,39,42H,3-10,12,14-16,20,24-26,28,30-38H2,1-2H3. The molecule has 264 valence electrons. The fourth-order valence-electron chi connectivity index (χ4n) is 4.89. The Kier molecular flexibility index (Phi) is 35.1. The van der Waals surface area contributed by atoms with Crippen molar-refractivity contribution in [2.45, 2.75) is 174 Å². The van der Waals surface area contributed by atoms with E-state index in [1.165, 1.54) is 83.5 Å². The number of carbonyl (C=O) groups excluding carboxylic acids is 2. The minimum atomic E-state index is -0.798. The predicted octanol–water partition coefficient (Wildman–Crippen LogP) is 11.6. The number of aliphatic hydroxyl groups is 1. The molecule has 0 aromatic heterocycles. The van der Waals surface area contributed by atoms with E-state index in [0.29, 0.717) is 19.3 Å². The highest BCUT2D eigenvalue weighted by Crippen LogP contribution is 2.11. The lowest BCUT2D eigenvalue weighted by molar-refractivity contribution is -0.161. The molecule has 1 unspecified atom stereocenters. The first-order valence-corrected chi connectivity index (χ1v) is 18.8. The van der Waals surface area contributed by atoms with Crippen LogP contribution in [-0.2, 0) is 19.1 Å². The Morgan fingerprint density at radius 1 is 0.500 bits per heavy atom. The molecule has 0 aliphatic carbocycles. The predicted molar refractivity (Wildman–Crippen MR) is 196 cm³/mol. The Hall–Kier alpha value is -2.40. The zero-order valence-corrected chi connectivity index (χ0v) is 29.8. The summed E-state index contributed by atoms with van der Waals surface area (Å²) in [5, 5.41) is 9.53. The van der Waals surface area contributed by atoms with Crippen LogP contribution in [0.2, 0.25) is 0 Å². The lowest BCUT2D eigenvalue weighted by Crippen LogP contribution is -2.28. The van der Waals surface area contributed by atoms with E-state index in [1.807, 2.05) is 0 Å². The third kappa shape index (κ3) is 34.5. The molecule has 0 rings (SSSR count). The first kappa shape index (κ1) is 43.6. The molecule has 0 aromatic rings. The van der Waals surface area contributed by atoms with Crippen molar-refractivity contribution in [1.82, 2.24) is 0 Å². The van der Waals surface area contributed by atoms with Crippen LogP contribution in [0, 0.1) is 0 Å². The Bertz CT molecular complexity index is 823. The van der Waals surface area contributed by atoms with Gasteiger partial charge in [0.05, 0.1) is 6.61 Å². The van der Waals surface area contributed by atoms with Crippen LogP contribution in [0.15, 0.2) is 60.8 Å². The summed E-state index contributed by atoms with van der Waals surface area (Å²) in [4.78, 5) is 24.2. The van der Waals surface area contributed by atoms with E-state index >= 15 is 0 Å². The molecule has 46 heavy (non-hydrogen) atoms. The highest BCUT2D eigenvalue weighted by Gasteiger charge is 2.16. The Morgan fingerprint density at radius 2 is 0.891 bits per heavy atom. The van der Waals surface area contributed by atoms with Gasteiger partial charge in [0.1, 0.15) is 6.61 Å². The minimum absolute atomic E-state index is 0.0994. The van der Waals surface area contributed by atoms with Crippen LogP contribution in [0.3, 0.4) is 0 Å². The number of rotatable bonds is 33. The molecule has 0 amide bonds. The van der Waals surface area contributed by atoms with Gasteiger partial charge in [-0.25, -0.2) is 0 Å². The highest BCUT2D eigenvalue weighted by molar-refractivity contribution is 5.70. The zero-order chi connectivity index (χ0) is 33.6. The third-order valence-electron chi connectivity index (χ3n) is 7.78. The maximum Gasteiger partial charge on any atom is 0.306 e. The number of hydrogen-bond acceptors (Lipinski definition) is 5. The number of carbonyl (C=O) groups is 2. The van der Waals surface area contributed by atoms with Gasteiger partial charge in [-0.1, -0.05) is 139 Å². The Balaban J connectivity index is 3.70. The van der Waals surface area contributed by atoms with Gasteiger partial charge in [0, 0.05) is 12.8 Å². The van der Waals surface area contributed by atoms with Crippen molar-refractivity contribution in [3.05, 3.63) is 60.8 Å². The van der Waals surface area contributed by atoms with Gasteiger partial charge in [0.25, 0.3) is 0 Å². The normalized spacial score (nSPS) is 12.8. The molecular weight excluding hydrogens is 572 g/mol. The SMILES string of the molecule is CCCCCC=CCC=CCC=CCC=CCCCC(=O)OCC(CO)OC(=O)CCCCCCCC=CCCCCCCCC. The molecule has 0 aliphatic rings. The molecular formula is C41H70O5. The second kappa shape index (κ2) is 37.1. The second-order valence-electron chi connectivity index (χ2n) is 12.3. The van der Waals surface area contributed by atoms with E-state index in [1.54, 1.807) is 0 Å². The quantitative estimate of drug-likeness (QED) is 0.0438. The lowest BCUT2D eigenvalue weighted by Gasteiger charge is -2.15. The smallest absolute Gasteiger partial charge is 0.306 e. The zero-order valence-electron chi connectivity index (χ0n) is 29.8. The summed E-state index contributed by atoms with van der Waals surface area (Å²) >= 11 is 0. The first-order chi connectivity index (χ1) is 22.6. The molecule has 1 atom stereocenters. The molecule has 0 aromatic carbocycles. The summed E-state index contributed by atoms with van der Waals surface area (Å²) in [5.41, 5.74) is 0. The van der Waals surface area contributed by atoms with Crippen LogP contribution >= 0.6 is 0 Å². The summed E-state index contributed by atoms with van der Waals surface area (Å²) in [6.07, 6.45) is 47.1. The third-order valence-corrected chi connectivity index (χ3v) is 7.78. The number of hydrogen-bond donors (Lipinski definition) is 1. The molecule has 0 radical (unpaired) electrons. The number of unbranched alkanes of at least 4 members (excludes halogenated alkanes) is 15. The monoisotopic (exact) mass is 643 g/mol. The van der Waals surface area contributed by atoms with Gasteiger partial charge in [0.2, 0.25) is 0 Å². The van der Waals surface area contributed by atoms with Crippen molar-refractivity contribution >= 4 is 11.9 Å². The fourth-order valence-corrected chi connectivity index (χ4v) is 4.89. The van der Waals surface area contributed by atoms with Gasteiger partial charge in [-0.3, -0.25) is 9.59 Å². The van der Waals surface area contributed by atoms with Crippen LogP contribution in [0.1, 0.15) is 168 Å². The first-order valence-electron chi connectivity index (χ1n) is 18.8. The molecule has 0 aliphatic heterocycles. The Labute approximate surface area is 283 Å². The molecule has 0 fully saturated rings. The Morgan fingerprint density at radius 3 is 1.43 bits per heavy atom. The summed E-state index contributed by atoms with van der Waals surface area (Å²) in [7, 11) is 0. The van der Waals surface area contributed by atoms with Crippen LogP contribution < -0.4 is 0 Å². The van der Waals surface area contributed by atoms with Crippen LogP contribution in [0.4, 0.5) is 0 Å². The number of esters is 2. The molecule has 0 saturated carbocycles. The van der Waals surface area contributed by atoms with Crippen LogP contribution in [0.5, 0.6) is 0 Å². The van der Waals surface area contributed by atoms with Gasteiger partial charge in [-0.05, 0) is 77.0 Å². The van der Waals surface area contributed by atoms with Crippen molar-refractivity contribution in [2.75, 3.05) is 13.2 Å². The van der Waals surface area contributed by atoms with E-state index in [2.05, 4.69) is 74.6 Å². The van der Waals surface area contributed by atoms with E-state index in [4.69, 9.17) is 9.47 Å². The molecule has 0 saturated heterocycles. The van der Waals surface area contributed by atoms with E-state index in [0.717, 1.165) is 51.4 Å². The molecule has 1 N–H and O–H groups in total. The molecule has 5 nitrogen and oxygen atoms in total. The topological polar surface area (TPSA) is 72.8 Å².